The molecule has 2 aliphatic heterocycles. The second-order valence-corrected chi connectivity index (χ2v) is 6.39. The lowest BCUT2D eigenvalue weighted by atomic mass is 9.89. The summed E-state index contributed by atoms with van der Waals surface area (Å²) in [5.74, 6) is 0.952. The van der Waals surface area contributed by atoms with Gasteiger partial charge < -0.3 is 20.1 Å². The van der Waals surface area contributed by atoms with Gasteiger partial charge in [0.15, 0.2) is 0 Å². The zero-order chi connectivity index (χ0) is 16.0. The number of imidazole rings is 1. The summed E-state index contributed by atoms with van der Waals surface area (Å²) >= 11 is 0. The van der Waals surface area contributed by atoms with E-state index in [9.17, 15) is 9.59 Å². The predicted molar refractivity (Wildman–Crippen MR) is 84.9 cm³/mol. The van der Waals surface area contributed by atoms with Crippen LogP contribution in [0.2, 0.25) is 0 Å². The Labute approximate surface area is 133 Å². The van der Waals surface area contributed by atoms with E-state index in [-0.39, 0.29) is 17.5 Å². The Balaban J connectivity index is 1.34. The van der Waals surface area contributed by atoms with Crippen molar-refractivity contribution in [3.8, 4) is 0 Å². The number of aryl methyl sites for hydroxylation is 1. The number of nitrogens with one attached hydrogen (secondary N) is 2. The van der Waals surface area contributed by atoms with Crippen LogP contribution >= 0.6 is 0 Å². The maximum atomic E-state index is 12.3. The minimum atomic E-state index is -0.202. The van der Waals surface area contributed by atoms with Crippen LogP contribution in [0.5, 0.6) is 0 Å². The Morgan fingerprint density at radius 1 is 1.35 bits per heavy atom. The largest absolute Gasteiger partial charge is 0.342 e. The summed E-state index contributed by atoms with van der Waals surface area (Å²) in [5.41, 5.74) is 1.72. The van der Waals surface area contributed by atoms with Crippen molar-refractivity contribution < 1.29 is 9.59 Å². The van der Waals surface area contributed by atoms with Gasteiger partial charge in [-0.05, 0) is 12.1 Å². The molecule has 2 saturated heterocycles. The van der Waals surface area contributed by atoms with Gasteiger partial charge in [-0.25, -0.2) is 9.78 Å². The molecule has 4 rings (SSSR count). The minimum Gasteiger partial charge on any atom is -0.342 e. The van der Waals surface area contributed by atoms with Crippen LogP contribution in [0.15, 0.2) is 24.3 Å². The molecule has 2 fully saturated rings. The van der Waals surface area contributed by atoms with Crippen molar-refractivity contribution in [2.24, 2.45) is 0 Å². The molecule has 1 aromatic heterocycles. The van der Waals surface area contributed by atoms with Crippen LogP contribution in [-0.4, -0.2) is 63.9 Å². The third-order valence-electron chi connectivity index (χ3n) is 4.92. The van der Waals surface area contributed by atoms with Crippen LogP contribution in [0.1, 0.15) is 12.2 Å². The number of para-hydroxylation sites is 2. The van der Waals surface area contributed by atoms with Gasteiger partial charge in [-0.15, -0.1) is 0 Å². The fraction of sp³-hybridized carbons (Fsp3) is 0.438. The molecule has 1 aromatic carbocycles. The first kappa shape index (κ1) is 14.0. The molecule has 7 heteroatoms. The summed E-state index contributed by atoms with van der Waals surface area (Å²) in [7, 11) is 1.79. The third kappa shape index (κ3) is 2.23. The quantitative estimate of drug-likeness (QED) is 0.876. The molecule has 0 atom stereocenters. The molecule has 0 saturated carbocycles. The molecule has 120 valence electrons. The van der Waals surface area contributed by atoms with Crippen LogP contribution < -0.4 is 5.32 Å². The third-order valence-corrected chi connectivity index (χ3v) is 4.92. The average Bonchev–Trinajstić information content (AvgIpc) is 3.05. The van der Waals surface area contributed by atoms with E-state index in [4.69, 9.17) is 0 Å². The number of likely N-dealkylation sites (tertiary alicyclic amines) is 1. The lowest BCUT2D eigenvalue weighted by Crippen LogP contribution is -2.70. The number of carbonyl (C=O) groups is 2. The highest BCUT2D eigenvalue weighted by Gasteiger charge is 2.53. The van der Waals surface area contributed by atoms with Gasteiger partial charge in [0.1, 0.15) is 5.82 Å². The Morgan fingerprint density at radius 2 is 2.13 bits per heavy atom. The van der Waals surface area contributed by atoms with Gasteiger partial charge in [0.05, 0.1) is 16.6 Å². The summed E-state index contributed by atoms with van der Waals surface area (Å²) in [6.45, 7) is 1.85. The molecule has 2 N–H and O–H groups in total. The molecular weight excluding hydrogens is 294 g/mol. The molecular formula is C16H19N5O2. The maximum absolute atomic E-state index is 12.3. The van der Waals surface area contributed by atoms with Crippen LogP contribution in [0, 0.1) is 0 Å². The van der Waals surface area contributed by atoms with E-state index in [2.05, 4.69) is 15.3 Å². The number of urea groups is 1. The second kappa shape index (κ2) is 4.97. The van der Waals surface area contributed by atoms with Crippen LogP contribution in [0.3, 0.4) is 0 Å². The zero-order valence-corrected chi connectivity index (χ0v) is 13.0. The van der Waals surface area contributed by atoms with Gasteiger partial charge in [0.25, 0.3) is 0 Å². The Bertz CT molecular complexity index is 745. The fourth-order valence-electron chi connectivity index (χ4n) is 3.36. The highest BCUT2D eigenvalue weighted by Crippen LogP contribution is 2.30. The second-order valence-electron chi connectivity index (χ2n) is 6.39. The normalized spacial score (nSPS) is 19.3. The molecule has 0 bridgehead atoms. The molecule has 0 aliphatic carbocycles. The molecule has 23 heavy (non-hydrogen) atoms. The van der Waals surface area contributed by atoms with Crippen molar-refractivity contribution in [2.75, 3.05) is 26.7 Å². The first-order valence-electron chi connectivity index (χ1n) is 7.80. The number of hydrogen-bond donors (Lipinski definition) is 2. The predicted octanol–water partition coefficient (Wildman–Crippen LogP) is 0.731. The number of carbonyl (C=O) groups excluding carboxylic acids is 2. The van der Waals surface area contributed by atoms with Gasteiger partial charge in [0, 0.05) is 39.5 Å². The number of aromatic amines is 1. The minimum absolute atomic E-state index is 0.0561. The maximum Gasteiger partial charge on any atom is 0.317 e. The summed E-state index contributed by atoms with van der Waals surface area (Å²) in [4.78, 5) is 35.1. The Morgan fingerprint density at radius 3 is 2.83 bits per heavy atom. The summed E-state index contributed by atoms with van der Waals surface area (Å²) < 4.78 is 0. The highest BCUT2D eigenvalue weighted by molar-refractivity contribution is 5.81. The van der Waals surface area contributed by atoms with Gasteiger partial charge >= 0.3 is 6.03 Å². The fourth-order valence-corrected chi connectivity index (χ4v) is 3.36. The first-order chi connectivity index (χ1) is 11.1. The van der Waals surface area contributed by atoms with Crippen molar-refractivity contribution in [1.82, 2.24) is 25.1 Å². The number of nitrogens with zero attached hydrogens (tertiary/aromatic N) is 3. The number of likely N-dealkylation sites (N-methyl/N-ethyl adjacent to an activating group) is 1. The molecule has 3 heterocycles. The zero-order valence-electron chi connectivity index (χ0n) is 13.0. The van der Waals surface area contributed by atoms with Crippen LogP contribution in [0.25, 0.3) is 11.0 Å². The van der Waals surface area contributed by atoms with E-state index in [1.165, 1.54) is 0 Å². The van der Waals surface area contributed by atoms with Gasteiger partial charge in [-0.2, -0.15) is 0 Å². The number of amides is 3. The Kier molecular flexibility index (Phi) is 3.04. The van der Waals surface area contributed by atoms with E-state index in [0.29, 0.717) is 32.5 Å². The van der Waals surface area contributed by atoms with E-state index in [1.807, 2.05) is 29.2 Å². The summed E-state index contributed by atoms with van der Waals surface area (Å²) in [5, 5.41) is 2.83. The topological polar surface area (TPSA) is 81.3 Å². The first-order valence-corrected chi connectivity index (χ1v) is 7.80. The van der Waals surface area contributed by atoms with E-state index in [1.54, 1.807) is 11.9 Å². The SMILES string of the molecule is CN1C(=O)NCC12CN(C(=O)CCc1nc3ccccc3[nH]1)C2. The van der Waals surface area contributed by atoms with Crippen LogP contribution in [-0.2, 0) is 11.2 Å². The lowest BCUT2D eigenvalue weighted by Gasteiger charge is -2.50. The van der Waals surface area contributed by atoms with Crippen molar-refractivity contribution in [1.29, 1.82) is 0 Å². The van der Waals surface area contributed by atoms with Crippen LogP contribution in [0.4, 0.5) is 4.79 Å². The number of rotatable bonds is 3. The smallest absolute Gasteiger partial charge is 0.317 e. The monoisotopic (exact) mass is 313 g/mol. The molecule has 3 amide bonds. The van der Waals surface area contributed by atoms with Gasteiger partial charge in [-0.1, -0.05) is 12.1 Å². The number of benzene rings is 1. The standard InChI is InChI=1S/C16H19N5O2/c1-20-15(23)17-8-16(20)9-21(10-16)14(22)7-6-13-18-11-4-2-3-5-12(11)19-13/h2-5H,6-10H2,1H3,(H,17,23)(H,18,19). The van der Waals surface area contributed by atoms with Gasteiger partial charge in [-0.3, -0.25) is 4.79 Å². The molecule has 1 spiro atoms. The molecule has 2 aromatic rings. The van der Waals surface area contributed by atoms with Crippen molar-refractivity contribution in [2.45, 2.75) is 18.4 Å². The highest BCUT2D eigenvalue weighted by atomic mass is 16.2. The van der Waals surface area contributed by atoms with E-state index in [0.717, 1.165) is 16.9 Å². The molecule has 0 unspecified atom stereocenters. The molecule has 0 radical (unpaired) electrons. The number of hydrogen-bond acceptors (Lipinski definition) is 3. The lowest BCUT2D eigenvalue weighted by molar-refractivity contribution is -0.141. The van der Waals surface area contributed by atoms with E-state index < -0.39 is 0 Å². The summed E-state index contributed by atoms with van der Waals surface area (Å²) in [6, 6.07) is 7.79. The van der Waals surface area contributed by atoms with Crippen molar-refractivity contribution >= 4 is 23.0 Å². The number of aromatic nitrogens is 2. The molecule has 2 aliphatic rings. The number of H-pyrrole nitrogens is 1. The Hall–Kier alpha value is -2.57. The number of fused-ring (bicyclic) bond motifs is 1. The van der Waals surface area contributed by atoms with Gasteiger partial charge in [0.2, 0.25) is 5.91 Å². The average molecular weight is 313 g/mol. The van der Waals surface area contributed by atoms with Crippen molar-refractivity contribution in [3.63, 3.8) is 0 Å². The molecule has 7 nitrogen and oxygen atoms in total. The van der Waals surface area contributed by atoms with Crippen molar-refractivity contribution in [3.05, 3.63) is 30.1 Å². The summed E-state index contributed by atoms with van der Waals surface area (Å²) in [6.07, 6.45) is 1.03. The van der Waals surface area contributed by atoms with E-state index >= 15 is 0 Å².